The molecule has 1 aromatic carbocycles. The fourth-order valence-electron chi connectivity index (χ4n) is 2.30. The van der Waals surface area contributed by atoms with Crippen molar-refractivity contribution in [3.8, 4) is 0 Å². The van der Waals surface area contributed by atoms with Crippen molar-refractivity contribution in [2.75, 3.05) is 0 Å². The fraction of sp³-hybridized carbons (Fsp3) is 0.312. The molecule has 0 spiro atoms. The largest absolute Gasteiger partial charge is 0.317 e. The summed E-state index contributed by atoms with van der Waals surface area (Å²) in [7, 11) is 0. The van der Waals surface area contributed by atoms with Crippen LogP contribution in [-0.2, 0) is 6.54 Å². The van der Waals surface area contributed by atoms with Gasteiger partial charge in [-0.1, -0.05) is 23.8 Å². The van der Waals surface area contributed by atoms with Gasteiger partial charge in [0.2, 0.25) is 0 Å². The molecule has 0 radical (unpaired) electrons. The first-order valence-electron chi connectivity index (χ1n) is 6.41. The molecule has 19 heavy (non-hydrogen) atoms. The lowest BCUT2D eigenvalue weighted by molar-refractivity contribution is 0.761. The van der Waals surface area contributed by atoms with Crippen molar-refractivity contribution in [1.82, 2.24) is 4.57 Å². The van der Waals surface area contributed by atoms with Crippen LogP contribution in [0.25, 0.3) is 0 Å². The lowest BCUT2D eigenvalue weighted by atomic mass is 10.1. The highest BCUT2D eigenvalue weighted by Crippen LogP contribution is 2.24. The Morgan fingerprint density at radius 1 is 1.21 bits per heavy atom. The van der Waals surface area contributed by atoms with Gasteiger partial charge in [-0.3, -0.25) is 0 Å². The van der Waals surface area contributed by atoms with Gasteiger partial charge in [-0.2, -0.15) is 0 Å². The van der Waals surface area contributed by atoms with Gasteiger partial charge in [-0.15, -0.1) is 17.9 Å². The Morgan fingerprint density at radius 2 is 1.84 bits per heavy atom. The van der Waals surface area contributed by atoms with Crippen molar-refractivity contribution in [2.24, 2.45) is 4.99 Å². The van der Waals surface area contributed by atoms with Gasteiger partial charge >= 0.3 is 0 Å². The summed E-state index contributed by atoms with van der Waals surface area (Å²) in [6.07, 6.45) is 1.91. The second kappa shape index (κ2) is 5.57. The van der Waals surface area contributed by atoms with Crippen LogP contribution in [0.15, 0.2) is 35.2 Å². The smallest absolute Gasteiger partial charge is 0.190 e. The van der Waals surface area contributed by atoms with Gasteiger partial charge in [-0.05, 0) is 38.8 Å². The van der Waals surface area contributed by atoms with E-state index in [0.717, 1.165) is 17.0 Å². The van der Waals surface area contributed by atoms with E-state index < -0.39 is 0 Å². The highest BCUT2D eigenvalue weighted by Gasteiger charge is 2.04. The Labute approximate surface area is 118 Å². The zero-order chi connectivity index (χ0) is 14.0. The van der Waals surface area contributed by atoms with Gasteiger partial charge in [0.25, 0.3) is 0 Å². The number of hydrogen-bond donors (Lipinski definition) is 0. The van der Waals surface area contributed by atoms with Crippen LogP contribution in [0.3, 0.4) is 0 Å². The molecule has 2 rings (SSSR count). The summed E-state index contributed by atoms with van der Waals surface area (Å²) in [6, 6.07) is 4.37. The number of thiazole rings is 1. The summed E-state index contributed by atoms with van der Waals surface area (Å²) in [4.78, 5) is 5.89. The molecule has 100 valence electrons. The molecule has 3 heteroatoms. The first-order valence-corrected chi connectivity index (χ1v) is 7.29. The van der Waals surface area contributed by atoms with E-state index in [2.05, 4.69) is 56.4 Å². The quantitative estimate of drug-likeness (QED) is 0.745. The summed E-state index contributed by atoms with van der Waals surface area (Å²) < 4.78 is 2.19. The SMILES string of the molecule is C=CCn1c(C)csc1=Nc1c(C)cc(C)cc1C. The van der Waals surface area contributed by atoms with E-state index >= 15 is 0 Å². The van der Waals surface area contributed by atoms with Crippen LogP contribution in [0, 0.1) is 27.7 Å². The lowest BCUT2D eigenvalue weighted by Gasteiger charge is -2.07. The first-order chi connectivity index (χ1) is 9.02. The molecule has 1 aromatic heterocycles. The molecule has 0 saturated heterocycles. The highest BCUT2D eigenvalue weighted by atomic mass is 32.1. The van der Waals surface area contributed by atoms with Crippen molar-refractivity contribution >= 4 is 17.0 Å². The molecule has 0 atom stereocenters. The predicted molar refractivity (Wildman–Crippen MR) is 83.1 cm³/mol. The van der Waals surface area contributed by atoms with E-state index in [4.69, 9.17) is 4.99 Å². The molecule has 0 amide bonds. The van der Waals surface area contributed by atoms with E-state index in [9.17, 15) is 0 Å². The number of rotatable bonds is 3. The lowest BCUT2D eigenvalue weighted by Crippen LogP contribution is -2.15. The summed E-state index contributed by atoms with van der Waals surface area (Å²) in [5.41, 5.74) is 6.06. The Balaban J connectivity index is 2.62. The number of allylic oxidation sites excluding steroid dienone is 1. The van der Waals surface area contributed by atoms with E-state index in [0.29, 0.717) is 0 Å². The van der Waals surface area contributed by atoms with E-state index in [1.165, 1.54) is 22.4 Å². The van der Waals surface area contributed by atoms with Gasteiger partial charge in [0.15, 0.2) is 4.80 Å². The molecule has 2 nitrogen and oxygen atoms in total. The molecule has 0 aliphatic heterocycles. The second-order valence-corrected chi connectivity index (χ2v) is 5.75. The van der Waals surface area contributed by atoms with Gasteiger partial charge in [0.1, 0.15) is 0 Å². The normalized spacial score (nSPS) is 11.9. The molecular formula is C16H20N2S. The molecule has 0 saturated carbocycles. The molecule has 0 fully saturated rings. The third-order valence-corrected chi connectivity index (χ3v) is 4.13. The monoisotopic (exact) mass is 272 g/mol. The Hall–Kier alpha value is -1.61. The van der Waals surface area contributed by atoms with E-state index in [1.54, 1.807) is 11.3 Å². The maximum absolute atomic E-state index is 4.85. The summed E-state index contributed by atoms with van der Waals surface area (Å²) in [6.45, 7) is 13.1. The number of hydrogen-bond acceptors (Lipinski definition) is 2. The van der Waals surface area contributed by atoms with Gasteiger partial charge in [-0.25, -0.2) is 4.99 Å². The number of benzene rings is 1. The average Bonchev–Trinajstić information content (AvgIpc) is 2.66. The topological polar surface area (TPSA) is 17.3 Å². The minimum atomic E-state index is 0.804. The maximum atomic E-state index is 4.85. The molecule has 2 aromatic rings. The van der Waals surface area contributed by atoms with E-state index in [1.807, 2.05) is 6.08 Å². The van der Waals surface area contributed by atoms with Crippen LogP contribution >= 0.6 is 11.3 Å². The molecule has 1 heterocycles. The second-order valence-electron chi connectivity index (χ2n) is 4.92. The van der Waals surface area contributed by atoms with Crippen molar-refractivity contribution in [3.63, 3.8) is 0 Å². The number of aryl methyl sites for hydroxylation is 4. The van der Waals surface area contributed by atoms with Gasteiger partial charge in [0, 0.05) is 17.6 Å². The van der Waals surface area contributed by atoms with Crippen LogP contribution in [0.5, 0.6) is 0 Å². The van der Waals surface area contributed by atoms with Crippen LogP contribution in [0.1, 0.15) is 22.4 Å². The maximum Gasteiger partial charge on any atom is 0.190 e. The number of aromatic nitrogens is 1. The first kappa shape index (κ1) is 13.8. The number of nitrogens with zero attached hydrogens (tertiary/aromatic N) is 2. The minimum Gasteiger partial charge on any atom is -0.317 e. The van der Waals surface area contributed by atoms with Crippen LogP contribution in [0.2, 0.25) is 0 Å². The van der Waals surface area contributed by atoms with Crippen molar-refractivity contribution in [2.45, 2.75) is 34.2 Å². The van der Waals surface area contributed by atoms with Crippen molar-refractivity contribution < 1.29 is 0 Å². The molecule has 0 aliphatic carbocycles. The molecule has 0 aliphatic rings. The molecule has 0 unspecified atom stereocenters. The highest BCUT2D eigenvalue weighted by molar-refractivity contribution is 7.07. The van der Waals surface area contributed by atoms with E-state index in [-0.39, 0.29) is 0 Å². The van der Waals surface area contributed by atoms with Crippen LogP contribution in [0.4, 0.5) is 5.69 Å². The zero-order valence-electron chi connectivity index (χ0n) is 12.0. The van der Waals surface area contributed by atoms with Gasteiger partial charge < -0.3 is 4.57 Å². The third kappa shape index (κ3) is 2.87. The Morgan fingerprint density at radius 3 is 2.42 bits per heavy atom. The zero-order valence-corrected chi connectivity index (χ0v) is 12.8. The Bertz CT molecular complexity index is 651. The van der Waals surface area contributed by atoms with Crippen molar-refractivity contribution in [1.29, 1.82) is 0 Å². The molecular weight excluding hydrogens is 252 g/mol. The predicted octanol–water partition coefficient (Wildman–Crippen LogP) is 4.20. The van der Waals surface area contributed by atoms with Crippen LogP contribution < -0.4 is 4.80 Å². The standard InChI is InChI=1S/C16H20N2S/c1-6-7-18-14(5)10-19-16(18)17-15-12(3)8-11(2)9-13(15)4/h6,8-10H,1,7H2,2-5H3. The summed E-state index contributed by atoms with van der Waals surface area (Å²) in [5.74, 6) is 0. The van der Waals surface area contributed by atoms with Crippen LogP contribution in [-0.4, -0.2) is 4.57 Å². The van der Waals surface area contributed by atoms with Gasteiger partial charge in [0.05, 0.1) is 5.69 Å². The summed E-state index contributed by atoms with van der Waals surface area (Å²) >= 11 is 1.68. The fourth-order valence-corrected chi connectivity index (χ4v) is 3.19. The molecule has 0 bridgehead atoms. The minimum absolute atomic E-state index is 0.804. The molecule has 0 N–H and O–H groups in total. The Kier molecular flexibility index (Phi) is 4.05. The van der Waals surface area contributed by atoms with Crippen molar-refractivity contribution in [3.05, 3.63) is 57.4 Å². The summed E-state index contributed by atoms with van der Waals surface area (Å²) in [5, 5.41) is 2.14. The third-order valence-electron chi connectivity index (χ3n) is 3.15. The average molecular weight is 272 g/mol.